The molecule has 2 aromatic rings. The fourth-order valence-corrected chi connectivity index (χ4v) is 3.00. The molecule has 102 valence electrons. The Hall–Kier alpha value is -2.09. The van der Waals surface area contributed by atoms with Gasteiger partial charge in [0.1, 0.15) is 0 Å². The Labute approximate surface area is 119 Å². The SMILES string of the molecule is Cc1ccc2c(c1)[C@H](NC(=O)c1ccccc1)[C@@H](C)C2. The van der Waals surface area contributed by atoms with Gasteiger partial charge < -0.3 is 5.32 Å². The Kier molecular flexibility index (Phi) is 3.31. The first-order valence-corrected chi connectivity index (χ1v) is 7.10. The van der Waals surface area contributed by atoms with Crippen molar-refractivity contribution in [2.75, 3.05) is 0 Å². The third-order valence-corrected chi connectivity index (χ3v) is 4.07. The van der Waals surface area contributed by atoms with Crippen LogP contribution in [0.4, 0.5) is 0 Å². The summed E-state index contributed by atoms with van der Waals surface area (Å²) in [6.07, 6.45) is 1.04. The van der Waals surface area contributed by atoms with E-state index in [1.54, 1.807) is 0 Å². The number of benzene rings is 2. The van der Waals surface area contributed by atoms with Crippen LogP contribution in [0.2, 0.25) is 0 Å². The highest BCUT2D eigenvalue weighted by atomic mass is 16.1. The van der Waals surface area contributed by atoms with Crippen LogP contribution in [0.25, 0.3) is 0 Å². The molecular weight excluding hydrogens is 246 g/mol. The first-order valence-electron chi connectivity index (χ1n) is 7.10. The van der Waals surface area contributed by atoms with Crippen molar-refractivity contribution in [2.24, 2.45) is 5.92 Å². The van der Waals surface area contributed by atoms with Crippen LogP contribution in [0.3, 0.4) is 0 Å². The Balaban J connectivity index is 1.85. The van der Waals surface area contributed by atoms with E-state index in [2.05, 4.69) is 37.4 Å². The van der Waals surface area contributed by atoms with Crippen LogP contribution < -0.4 is 5.32 Å². The molecule has 1 aliphatic carbocycles. The molecule has 2 heteroatoms. The minimum Gasteiger partial charge on any atom is -0.345 e. The molecule has 0 heterocycles. The lowest BCUT2D eigenvalue weighted by atomic mass is 10.0. The van der Waals surface area contributed by atoms with Crippen molar-refractivity contribution in [2.45, 2.75) is 26.3 Å². The van der Waals surface area contributed by atoms with Crippen molar-refractivity contribution in [1.29, 1.82) is 0 Å². The number of rotatable bonds is 2. The van der Waals surface area contributed by atoms with Gasteiger partial charge in [0.25, 0.3) is 5.91 Å². The minimum atomic E-state index is 0.0109. The zero-order chi connectivity index (χ0) is 14.1. The second-order valence-electron chi connectivity index (χ2n) is 5.70. The van der Waals surface area contributed by atoms with Gasteiger partial charge in [-0.3, -0.25) is 4.79 Å². The van der Waals surface area contributed by atoms with Gasteiger partial charge in [-0.2, -0.15) is 0 Å². The van der Waals surface area contributed by atoms with E-state index in [9.17, 15) is 4.79 Å². The van der Waals surface area contributed by atoms with Crippen molar-refractivity contribution >= 4 is 5.91 Å². The fraction of sp³-hybridized carbons (Fsp3) is 0.278. The lowest BCUT2D eigenvalue weighted by molar-refractivity contribution is 0.0927. The largest absolute Gasteiger partial charge is 0.345 e. The molecule has 2 nitrogen and oxygen atoms in total. The summed E-state index contributed by atoms with van der Waals surface area (Å²) in [4.78, 5) is 12.3. The predicted octanol–water partition coefficient (Wildman–Crippen LogP) is 3.66. The zero-order valence-electron chi connectivity index (χ0n) is 11.9. The number of nitrogens with one attached hydrogen (secondary N) is 1. The van der Waals surface area contributed by atoms with E-state index in [0.29, 0.717) is 5.92 Å². The minimum absolute atomic E-state index is 0.0109. The van der Waals surface area contributed by atoms with E-state index in [4.69, 9.17) is 0 Å². The van der Waals surface area contributed by atoms with E-state index in [-0.39, 0.29) is 11.9 Å². The van der Waals surface area contributed by atoms with Crippen LogP contribution in [0.1, 0.15) is 40.0 Å². The molecule has 0 unspecified atom stereocenters. The van der Waals surface area contributed by atoms with E-state index in [1.165, 1.54) is 16.7 Å². The van der Waals surface area contributed by atoms with Crippen molar-refractivity contribution in [3.05, 3.63) is 70.8 Å². The summed E-state index contributed by atoms with van der Waals surface area (Å²) in [5, 5.41) is 3.19. The predicted molar refractivity (Wildman–Crippen MR) is 80.7 cm³/mol. The maximum atomic E-state index is 12.3. The van der Waals surface area contributed by atoms with Crippen LogP contribution in [-0.2, 0) is 6.42 Å². The topological polar surface area (TPSA) is 29.1 Å². The number of carbonyl (C=O) groups is 1. The van der Waals surface area contributed by atoms with E-state index >= 15 is 0 Å². The molecule has 20 heavy (non-hydrogen) atoms. The normalized spacial score (nSPS) is 20.5. The van der Waals surface area contributed by atoms with Crippen LogP contribution >= 0.6 is 0 Å². The summed E-state index contributed by atoms with van der Waals surface area (Å²) in [6, 6.07) is 16.1. The average molecular weight is 265 g/mol. The lowest BCUT2D eigenvalue weighted by Gasteiger charge is -2.19. The second-order valence-corrected chi connectivity index (χ2v) is 5.70. The van der Waals surface area contributed by atoms with Crippen LogP contribution in [0.5, 0.6) is 0 Å². The molecule has 1 N–H and O–H groups in total. The first kappa shape index (κ1) is 12.9. The highest BCUT2D eigenvalue weighted by molar-refractivity contribution is 5.94. The molecule has 0 fully saturated rings. The van der Waals surface area contributed by atoms with Gasteiger partial charge in [0.15, 0.2) is 0 Å². The van der Waals surface area contributed by atoms with Gasteiger partial charge in [0, 0.05) is 5.56 Å². The number of hydrogen-bond acceptors (Lipinski definition) is 1. The number of fused-ring (bicyclic) bond motifs is 1. The maximum absolute atomic E-state index is 12.3. The standard InChI is InChI=1S/C18H19NO/c1-12-8-9-15-11-13(2)17(16(15)10-12)19-18(20)14-6-4-3-5-7-14/h3-10,13,17H,11H2,1-2H3,(H,19,20)/t13-,17+/m0/s1. The molecule has 0 bridgehead atoms. The molecule has 0 radical (unpaired) electrons. The zero-order valence-corrected chi connectivity index (χ0v) is 11.9. The van der Waals surface area contributed by atoms with Crippen LogP contribution in [-0.4, -0.2) is 5.91 Å². The van der Waals surface area contributed by atoms with Crippen LogP contribution in [0.15, 0.2) is 48.5 Å². The van der Waals surface area contributed by atoms with Gasteiger partial charge in [-0.1, -0.05) is 48.9 Å². The molecule has 0 aliphatic heterocycles. The third kappa shape index (κ3) is 2.34. The molecule has 1 amide bonds. The number of aryl methyl sites for hydroxylation is 1. The number of hydrogen-bond donors (Lipinski definition) is 1. The van der Waals surface area contributed by atoms with Gasteiger partial charge in [0.2, 0.25) is 0 Å². The van der Waals surface area contributed by atoms with Gasteiger partial charge in [-0.05, 0) is 42.5 Å². The summed E-state index contributed by atoms with van der Waals surface area (Å²) < 4.78 is 0. The summed E-state index contributed by atoms with van der Waals surface area (Å²) in [7, 11) is 0. The van der Waals surface area contributed by atoms with Crippen molar-refractivity contribution in [1.82, 2.24) is 5.32 Å². The Bertz CT molecular complexity index is 633. The summed E-state index contributed by atoms with van der Waals surface area (Å²) >= 11 is 0. The monoisotopic (exact) mass is 265 g/mol. The molecule has 2 aromatic carbocycles. The Morgan fingerprint density at radius 2 is 1.90 bits per heavy atom. The molecule has 1 aliphatic rings. The molecule has 2 atom stereocenters. The Morgan fingerprint density at radius 1 is 1.15 bits per heavy atom. The molecule has 0 aromatic heterocycles. The number of carbonyl (C=O) groups excluding carboxylic acids is 1. The maximum Gasteiger partial charge on any atom is 0.251 e. The average Bonchev–Trinajstić information content (AvgIpc) is 2.76. The van der Waals surface area contributed by atoms with Gasteiger partial charge >= 0.3 is 0 Å². The second kappa shape index (κ2) is 5.12. The molecule has 0 saturated heterocycles. The van der Waals surface area contributed by atoms with Crippen LogP contribution in [0, 0.1) is 12.8 Å². The lowest BCUT2D eigenvalue weighted by Crippen LogP contribution is -2.30. The molecular formula is C18H19NO. The van der Waals surface area contributed by atoms with E-state index in [0.717, 1.165) is 12.0 Å². The molecule has 0 spiro atoms. The van der Waals surface area contributed by atoms with Crippen molar-refractivity contribution in [3.63, 3.8) is 0 Å². The fourth-order valence-electron chi connectivity index (χ4n) is 3.00. The summed E-state index contributed by atoms with van der Waals surface area (Å²) in [5.41, 5.74) is 4.61. The Morgan fingerprint density at radius 3 is 2.65 bits per heavy atom. The number of amides is 1. The van der Waals surface area contributed by atoms with Crippen molar-refractivity contribution in [3.8, 4) is 0 Å². The van der Waals surface area contributed by atoms with E-state index in [1.807, 2.05) is 30.3 Å². The highest BCUT2D eigenvalue weighted by Crippen LogP contribution is 2.36. The van der Waals surface area contributed by atoms with E-state index < -0.39 is 0 Å². The van der Waals surface area contributed by atoms with Gasteiger partial charge in [-0.25, -0.2) is 0 Å². The smallest absolute Gasteiger partial charge is 0.251 e. The summed E-state index contributed by atoms with van der Waals surface area (Å²) in [6.45, 7) is 4.30. The van der Waals surface area contributed by atoms with Crippen molar-refractivity contribution < 1.29 is 4.79 Å². The first-order chi connectivity index (χ1) is 9.65. The molecule has 3 rings (SSSR count). The third-order valence-electron chi connectivity index (χ3n) is 4.07. The summed E-state index contributed by atoms with van der Waals surface area (Å²) in [5.74, 6) is 0.455. The quantitative estimate of drug-likeness (QED) is 0.882. The highest BCUT2D eigenvalue weighted by Gasteiger charge is 2.30. The van der Waals surface area contributed by atoms with Gasteiger partial charge in [-0.15, -0.1) is 0 Å². The van der Waals surface area contributed by atoms with Gasteiger partial charge in [0.05, 0.1) is 6.04 Å². The molecule has 0 saturated carbocycles.